The summed E-state index contributed by atoms with van der Waals surface area (Å²) in [4.78, 5) is 39.9. The molecule has 2 amide bonds. The lowest BCUT2D eigenvalue weighted by Crippen LogP contribution is -2.51. The van der Waals surface area contributed by atoms with E-state index in [-0.39, 0.29) is 17.9 Å². The smallest absolute Gasteiger partial charge is 0.290 e. The monoisotopic (exact) mass is 350 g/mol. The molecule has 0 aliphatic carbocycles. The topological polar surface area (TPSA) is 99.8 Å². The van der Waals surface area contributed by atoms with Crippen LogP contribution in [-0.4, -0.2) is 34.1 Å². The van der Waals surface area contributed by atoms with Gasteiger partial charge in [0, 0.05) is 17.8 Å². The zero-order chi connectivity index (χ0) is 18.5. The first-order valence-corrected chi connectivity index (χ1v) is 7.89. The van der Waals surface area contributed by atoms with Crippen LogP contribution in [-0.2, 0) is 15.1 Å². The van der Waals surface area contributed by atoms with E-state index in [2.05, 4.69) is 11.9 Å². The molecular weight excluding hydrogens is 336 g/mol. The van der Waals surface area contributed by atoms with Crippen molar-refractivity contribution >= 4 is 23.3 Å². The van der Waals surface area contributed by atoms with Crippen molar-refractivity contribution < 1.29 is 23.9 Å². The van der Waals surface area contributed by atoms with Crippen LogP contribution in [0.3, 0.4) is 0 Å². The zero-order valence-electron chi connectivity index (χ0n) is 13.6. The number of furan rings is 1. The number of rotatable bonds is 4. The normalized spacial score (nSPS) is 21.3. The van der Waals surface area contributed by atoms with Crippen LogP contribution in [0.15, 0.2) is 71.1 Å². The summed E-state index contributed by atoms with van der Waals surface area (Å²) in [7, 11) is 0. The second-order valence-corrected chi connectivity index (χ2v) is 5.94. The fourth-order valence-corrected chi connectivity index (χ4v) is 3.60. The van der Waals surface area contributed by atoms with Gasteiger partial charge in [0.15, 0.2) is 17.1 Å². The van der Waals surface area contributed by atoms with Crippen LogP contribution < -0.4 is 5.32 Å². The first-order chi connectivity index (χ1) is 12.5. The Labute approximate surface area is 148 Å². The number of anilines is 1. The van der Waals surface area contributed by atoms with Crippen molar-refractivity contribution in [3.05, 3.63) is 78.0 Å². The predicted octanol–water partition coefficient (Wildman–Crippen LogP) is 2.15. The molecule has 4 rings (SSSR count). The number of carbonyl (C=O) groups is 3. The number of nitrogens with one attached hydrogen (secondary N) is 1. The number of hydrogen-bond donors (Lipinski definition) is 2. The number of nitrogens with zero attached hydrogens (tertiary/aromatic N) is 1. The molecule has 2 aliphatic heterocycles. The van der Waals surface area contributed by atoms with E-state index in [0.29, 0.717) is 11.3 Å². The Balaban J connectivity index is 2.02. The fraction of sp³-hybridized carbons (Fsp3) is 0.105. The summed E-state index contributed by atoms with van der Waals surface area (Å²) in [6.07, 6.45) is 2.74. The lowest BCUT2D eigenvalue weighted by atomic mass is 9.81. The highest BCUT2D eigenvalue weighted by molar-refractivity contribution is 6.25. The molecule has 1 aromatic carbocycles. The van der Waals surface area contributed by atoms with Gasteiger partial charge in [-0.2, -0.15) is 0 Å². The van der Waals surface area contributed by atoms with Gasteiger partial charge in [-0.3, -0.25) is 14.4 Å². The van der Waals surface area contributed by atoms with Gasteiger partial charge in [-0.1, -0.05) is 24.3 Å². The van der Waals surface area contributed by atoms with E-state index >= 15 is 0 Å². The predicted molar refractivity (Wildman–Crippen MR) is 91.4 cm³/mol. The molecule has 2 N–H and O–H groups in total. The van der Waals surface area contributed by atoms with E-state index in [0.717, 1.165) is 4.90 Å². The summed E-state index contributed by atoms with van der Waals surface area (Å²) in [5.41, 5.74) is -1.20. The van der Waals surface area contributed by atoms with Crippen molar-refractivity contribution in [3.63, 3.8) is 0 Å². The van der Waals surface area contributed by atoms with Crippen molar-refractivity contribution in [3.8, 4) is 0 Å². The SMILES string of the molecule is C=CCN1C(=O)C(O)=C(C(=O)c2ccco2)C12C(=O)Nc1ccccc12. The maximum atomic E-state index is 13.0. The van der Waals surface area contributed by atoms with Crippen LogP contribution in [0.1, 0.15) is 16.1 Å². The second-order valence-electron chi connectivity index (χ2n) is 5.94. The van der Waals surface area contributed by atoms with Gasteiger partial charge in [-0.15, -0.1) is 6.58 Å². The van der Waals surface area contributed by atoms with Crippen molar-refractivity contribution in [1.29, 1.82) is 0 Å². The van der Waals surface area contributed by atoms with Gasteiger partial charge in [-0.25, -0.2) is 0 Å². The lowest BCUT2D eigenvalue weighted by molar-refractivity contribution is -0.138. The van der Waals surface area contributed by atoms with Gasteiger partial charge in [0.1, 0.15) is 0 Å². The van der Waals surface area contributed by atoms with E-state index in [1.54, 1.807) is 24.3 Å². The van der Waals surface area contributed by atoms with Crippen LogP contribution in [0, 0.1) is 0 Å². The number of aliphatic hydroxyl groups excluding tert-OH is 1. The minimum atomic E-state index is -1.77. The molecule has 0 radical (unpaired) electrons. The lowest BCUT2D eigenvalue weighted by Gasteiger charge is -2.34. The molecule has 1 atom stereocenters. The quantitative estimate of drug-likeness (QED) is 0.650. The van der Waals surface area contributed by atoms with Crippen LogP contribution in [0.4, 0.5) is 5.69 Å². The molecule has 0 saturated heterocycles. The molecular formula is C19H14N2O5. The van der Waals surface area contributed by atoms with Crippen LogP contribution in [0.5, 0.6) is 0 Å². The molecule has 1 spiro atoms. The highest BCUT2D eigenvalue weighted by Crippen LogP contribution is 2.51. The number of benzene rings is 1. The molecule has 2 aliphatic rings. The Hall–Kier alpha value is -3.61. The number of Topliss-reactive ketones (excluding diaryl/α,β-unsaturated/α-hetero) is 1. The molecule has 1 unspecified atom stereocenters. The van der Waals surface area contributed by atoms with E-state index in [1.165, 1.54) is 24.5 Å². The average molecular weight is 350 g/mol. The van der Waals surface area contributed by atoms with E-state index in [4.69, 9.17) is 4.42 Å². The van der Waals surface area contributed by atoms with Gasteiger partial charge in [0.05, 0.1) is 11.8 Å². The summed E-state index contributed by atoms with van der Waals surface area (Å²) in [5.74, 6) is -2.96. The first kappa shape index (κ1) is 15.9. The molecule has 0 saturated carbocycles. The average Bonchev–Trinajstić information content (AvgIpc) is 3.31. The summed E-state index contributed by atoms with van der Waals surface area (Å²) < 4.78 is 5.14. The summed E-state index contributed by atoms with van der Waals surface area (Å²) in [6.45, 7) is 3.58. The highest BCUT2D eigenvalue weighted by Gasteiger charge is 2.63. The maximum Gasteiger partial charge on any atom is 0.290 e. The second kappa shape index (κ2) is 5.45. The molecule has 0 fully saturated rings. The Morgan fingerprint density at radius 1 is 1.27 bits per heavy atom. The Morgan fingerprint density at radius 3 is 2.73 bits per heavy atom. The third-order valence-corrected chi connectivity index (χ3v) is 4.63. The van der Waals surface area contributed by atoms with E-state index in [9.17, 15) is 19.5 Å². The standard InChI is InChI=1S/C19H14N2O5/c1-2-9-21-17(24)16(23)14(15(22)13-8-5-10-26-13)19(21)11-6-3-4-7-12(11)20-18(19)25/h2-8,10,23H,1,9H2,(H,20,25). The highest BCUT2D eigenvalue weighted by atomic mass is 16.3. The Kier molecular flexibility index (Phi) is 3.33. The zero-order valence-corrected chi connectivity index (χ0v) is 13.6. The van der Waals surface area contributed by atoms with Gasteiger partial charge in [0.2, 0.25) is 5.78 Å². The summed E-state index contributed by atoms with van der Waals surface area (Å²) in [5, 5.41) is 13.2. The van der Waals surface area contributed by atoms with E-state index < -0.39 is 28.9 Å². The minimum absolute atomic E-state index is 0.0282. The van der Waals surface area contributed by atoms with Gasteiger partial charge in [0.25, 0.3) is 11.8 Å². The molecule has 1 aromatic heterocycles. The first-order valence-electron chi connectivity index (χ1n) is 7.89. The van der Waals surface area contributed by atoms with Gasteiger partial charge >= 0.3 is 0 Å². The number of carbonyl (C=O) groups excluding carboxylic acids is 3. The summed E-state index contributed by atoms with van der Waals surface area (Å²) >= 11 is 0. The van der Waals surface area contributed by atoms with Crippen LogP contribution in [0.25, 0.3) is 0 Å². The minimum Gasteiger partial charge on any atom is -0.503 e. The third-order valence-electron chi connectivity index (χ3n) is 4.63. The molecule has 130 valence electrons. The molecule has 7 nitrogen and oxygen atoms in total. The van der Waals surface area contributed by atoms with Crippen molar-refractivity contribution in [2.24, 2.45) is 0 Å². The van der Waals surface area contributed by atoms with E-state index in [1.807, 2.05) is 0 Å². The Bertz CT molecular complexity index is 989. The Morgan fingerprint density at radius 2 is 2.04 bits per heavy atom. The van der Waals surface area contributed by atoms with Crippen LogP contribution >= 0.6 is 0 Å². The van der Waals surface area contributed by atoms with Crippen LogP contribution in [0.2, 0.25) is 0 Å². The largest absolute Gasteiger partial charge is 0.503 e. The van der Waals surface area contributed by atoms with Crippen molar-refractivity contribution in [2.75, 3.05) is 11.9 Å². The molecule has 2 aromatic rings. The fourth-order valence-electron chi connectivity index (χ4n) is 3.60. The van der Waals surface area contributed by atoms with Crippen molar-refractivity contribution in [1.82, 2.24) is 4.90 Å². The molecule has 7 heteroatoms. The van der Waals surface area contributed by atoms with Gasteiger partial charge < -0.3 is 19.7 Å². The number of fused-ring (bicyclic) bond motifs is 2. The number of ketones is 1. The van der Waals surface area contributed by atoms with Crippen molar-refractivity contribution in [2.45, 2.75) is 5.54 Å². The third kappa shape index (κ3) is 1.79. The molecule has 0 bridgehead atoms. The molecule has 26 heavy (non-hydrogen) atoms. The summed E-state index contributed by atoms with van der Waals surface area (Å²) in [6, 6.07) is 9.66. The number of amides is 2. The maximum absolute atomic E-state index is 13.0. The number of para-hydroxylation sites is 1. The van der Waals surface area contributed by atoms with Gasteiger partial charge in [-0.05, 0) is 18.2 Å². The number of aliphatic hydroxyl groups is 1. The number of hydrogen-bond acceptors (Lipinski definition) is 5. The molecule has 3 heterocycles.